The summed E-state index contributed by atoms with van der Waals surface area (Å²) in [4.78, 5) is 5.05. The molecule has 2 aromatic carbocycles. The van der Waals surface area contributed by atoms with Crippen LogP contribution >= 0.6 is 0 Å². The first kappa shape index (κ1) is 15.5. The summed E-state index contributed by atoms with van der Waals surface area (Å²) >= 11 is 0. The van der Waals surface area contributed by atoms with Crippen molar-refractivity contribution in [2.75, 3.05) is 18.0 Å². The number of nitrogens with zero attached hydrogens (tertiary/aromatic N) is 4. The zero-order chi connectivity index (χ0) is 17.3. The summed E-state index contributed by atoms with van der Waals surface area (Å²) in [5.41, 5.74) is 3.45. The number of benzene rings is 2. The third kappa shape index (κ3) is 2.86. The number of anilines is 1. The first-order valence-electron chi connectivity index (χ1n) is 9.30. The normalized spacial score (nSPS) is 22.1. The topological polar surface area (TPSA) is 32.3 Å². The number of hydrogen-bond donors (Lipinski definition) is 0. The second kappa shape index (κ2) is 6.54. The van der Waals surface area contributed by atoms with Crippen LogP contribution in [0.3, 0.4) is 0 Å². The van der Waals surface area contributed by atoms with Crippen molar-refractivity contribution >= 4 is 5.82 Å². The van der Waals surface area contributed by atoms with Gasteiger partial charge in [0.25, 0.3) is 0 Å². The van der Waals surface area contributed by atoms with Gasteiger partial charge in [-0.3, -0.25) is 4.90 Å². The molecule has 0 aliphatic carbocycles. The van der Waals surface area contributed by atoms with Gasteiger partial charge >= 0.3 is 0 Å². The maximum absolute atomic E-state index is 4.52. The van der Waals surface area contributed by atoms with Crippen LogP contribution in [0.2, 0.25) is 0 Å². The maximum Gasteiger partial charge on any atom is 0.151 e. The number of aromatic nitrogens is 2. The summed E-state index contributed by atoms with van der Waals surface area (Å²) in [6.45, 7) is 3.22. The van der Waals surface area contributed by atoms with Crippen molar-refractivity contribution in [1.82, 2.24) is 15.1 Å². The summed E-state index contributed by atoms with van der Waals surface area (Å²) in [6.07, 6.45) is 1.23. The Hall–Kier alpha value is -2.72. The Morgan fingerprint density at radius 1 is 0.769 bits per heavy atom. The van der Waals surface area contributed by atoms with E-state index in [4.69, 9.17) is 0 Å². The molecule has 4 nitrogen and oxygen atoms in total. The van der Waals surface area contributed by atoms with Crippen molar-refractivity contribution in [3.8, 4) is 11.3 Å². The van der Waals surface area contributed by atoms with Crippen molar-refractivity contribution in [2.45, 2.75) is 25.0 Å². The number of likely N-dealkylation sites (tertiary alicyclic amines) is 1. The van der Waals surface area contributed by atoms with Crippen molar-refractivity contribution in [2.24, 2.45) is 0 Å². The molecule has 1 aromatic heterocycles. The average Bonchev–Trinajstić information content (AvgIpc) is 3.30. The van der Waals surface area contributed by atoms with E-state index in [1.807, 2.05) is 18.2 Å². The lowest BCUT2D eigenvalue weighted by Gasteiger charge is -2.34. The first-order valence-corrected chi connectivity index (χ1v) is 9.30. The molecule has 2 unspecified atom stereocenters. The molecular weight excluding hydrogens is 320 g/mol. The molecular formula is C22H22N4. The molecule has 2 fully saturated rings. The van der Waals surface area contributed by atoms with Crippen molar-refractivity contribution < 1.29 is 0 Å². The van der Waals surface area contributed by atoms with E-state index in [0.717, 1.165) is 36.7 Å². The molecule has 2 atom stereocenters. The van der Waals surface area contributed by atoms with Crippen LogP contribution in [0.15, 0.2) is 72.8 Å². The highest BCUT2D eigenvalue weighted by molar-refractivity contribution is 5.59. The van der Waals surface area contributed by atoms with Gasteiger partial charge in [-0.1, -0.05) is 60.7 Å². The maximum atomic E-state index is 4.52. The van der Waals surface area contributed by atoms with E-state index in [1.165, 1.54) is 12.0 Å². The Bertz CT molecular complexity index is 864. The van der Waals surface area contributed by atoms with E-state index in [2.05, 4.69) is 74.6 Å². The summed E-state index contributed by atoms with van der Waals surface area (Å²) in [7, 11) is 0. The van der Waals surface area contributed by atoms with Crippen LogP contribution < -0.4 is 4.90 Å². The van der Waals surface area contributed by atoms with E-state index in [9.17, 15) is 0 Å². The predicted octanol–water partition coefficient (Wildman–Crippen LogP) is 3.61. The van der Waals surface area contributed by atoms with Crippen LogP contribution in [0, 0.1) is 0 Å². The van der Waals surface area contributed by atoms with Crippen molar-refractivity contribution in [3.05, 3.63) is 78.4 Å². The van der Waals surface area contributed by atoms with Crippen LogP contribution in [0.4, 0.5) is 5.82 Å². The fraction of sp³-hybridized carbons (Fsp3) is 0.273. The molecule has 26 heavy (non-hydrogen) atoms. The Labute approximate surface area is 154 Å². The molecule has 2 aliphatic rings. The van der Waals surface area contributed by atoms with Gasteiger partial charge in [-0.05, 0) is 24.1 Å². The van der Waals surface area contributed by atoms with Crippen molar-refractivity contribution in [3.63, 3.8) is 0 Å². The van der Waals surface area contributed by atoms with Gasteiger partial charge < -0.3 is 4.90 Å². The van der Waals surface area contributed by atoms with Gasteiger partial charge in [0.05, 0.1) is 5.69 Å². The highest BCUT2D eigenvalue weighted by Gasteiger charge is 2.43. The van der Waals surface area contributed by atoms with Crippen LogP contribution in [0.25, 0.3) is 11.3 Å². The van der Waals surface area contributed by atoms with Crippen LogP contribution in [0.1, 0.15) is 12.0 Å². The number of piperazine rings is 1. The first-order chi connectivity index (χ1) is 12.9. The quantitative estimate of drug-likeness (QED) is 0.725. The SMILES string of the molecule is c1ccc(CN2CC3CC2CN3c2ccc(-c3ccccc3)nn2)cc1. The Morgan fingerprint density at radius 2 is 1.54 bits per heavy atom. The van der Waals surface area contributed by atoms with Gasteiger partial charge in [0, 0.05) is 37.3 Å². The van der Waals surface area contributed by atoms with Crippen LogP contribution in [-0.4, -0.2) is 40.3 Å². The lowest BCUT2D eigenvalue weighted by atomic mass is 10.1. The van der Waals surface area contributed by atoms with Gasteiger partial charge in [-0.2, -0.15) is 0 Å². The molecule has 2 aliphatic heterocycles. The summed E-state index contributed by atoms with van der Waals surface area (Å²) in [5.74, 6) is 1.01. The number of hydrogen-bond acceptors (Lipinski definition) is 4. The molecule has 0 radical (unpaired) electrons. The van der Waals surface area contributed by atoms with Crippen LogP contribution in [0.5, 0.6) is 0 Å². The van der Waals surface area contributed by atoms with E-state index >= 15 is 0 Å². The minimum atomic E-state index is 0.556. The molecule has 3 heterocycles. The molecule has 0 spiro atoms. The van der Waals surface area contributed by atoms with Gasteiger partial charge in [-0.15, -0.1) is 10.2 Å². The summed E-state index contributed by atoms with van der Waals surface area (Å²) in [5, 5.41) is 8.98. The standard InChI is InChI=1S/C22H22N4/c1-3-7-17(8-4-1)14-25-15-20-13-19(25)16-26(20)22-12-11-21(23-24-22)18-9-5-2-6-10-18/h1-12,19-20H,13-16H2. The fourth-order valence-electron chi connectivity index (χ4n) is 4.28. The van der Waals surface area contributed by atoms with E-state index in [-0.39, 0.29) is 0 Å². The zero-order valence-corrected chi connectivity index (χ0v) is 14.7. The Balaban J connectivity index is 1.27. The predicted molar refractivity (Wildman–Crippen MR) is 104 cm³/mol. The fourth-order valence-corrected chi connectivity index (χ4v) is 4.28. The second-order valence-electron chi connectivity index (χ2n) is 7.25. The van der Waals surface area contributed by atoms with E-state index in [0.29, 0.717) is 12.1 Å². The number of rotatable bonds is 4. The molecule has 5 rings (SSSR count). The van der Waals surface area contributed by atoms with Gasteiger partial charge in [-0.25, -0.2) is 0 Å². The molecule has 2 saturated heterocycles. The lowest BCUT2D eigenvalue weighted by molar-refractivity contribution is 0.230. The lowest BCUT2D eigenvalue weighted by Crippen LogP contribution is -2.46. The molecule has 0 N–H and O–H groups in total. The van der Waals surface area contributed by atoms with Gasteiger partial charge in [0.2, 0.25) is 0 Å². The Kier molecular flexibility index (Phi) is 3.91. The third-order valence-electron chi connectivity index (χ3n) is 5.60. The average molecular weight is 342 g/mol. The zero-order valence-electron chi connectivity index (χ0n) is 14.7. The molecule has 0 amide bonds. The van der Waals surface area contributed by atoms with E-state index in [1.54, 1.807) is 0 Å². The third-order valence-corrected chi connectivity index (χ3v) is 5.60. The molecule has 130 valence electrons. The van der Waals surface area contributed by atoms with Crippen molar-refractivity contribution in [1.29, 1.82) is 0 Å². The smallest absolute Gasteiger partial charge is 0.151 e. The molecule has 4 heteroatoms. The summed E-state index contributed by atoms with van der Waals surface area (Å²) in [6, 6.07) is 26.4. The highest BCUT2D eigenvalue weighted by atomic mass is 15.4. The number of fused-ring (bicyclic) bond motifs is 2. The largest absolute Gasteiger partial charge is 0.349 e. The van der Waals surface area contributed by atoms with Gasteiger partial charge in [0.1, 0.15) is 0 Å². The minimum Gasteiger partial charge on any atom is -0.349 e. The Morgan fingerprint density at radius 3 is 2.19 bits per heavy atom. The molecule has 3 aromatic rings. The summed E-state index contributed by atoms with van der Waals surface area (Å²) < 4.78 is 0. The monoisotopic (exact) mass is 342 g/mol. The highest BCUT2D eigenvalue weighted by Crippen LogP contribution is 2.34. The van der Waals surface area contributed by atoms with E-state index < -0.39 is 0 Å². The molecule has 2 bridgehead atoms. The molecule has 0 saturated carbocycles. The van der Waals surface area contributed by atoms with Gasteiger partial charge in [0.15, 0.2) is 5.82 Å². The minimum absolute atomic E-state index is 0.556. The van der Waals surface area contributed by atoms with Crippen LogP contribution in [-0.2, 0) is 6.54 Å². The second-order valence-corrected chi connectivity index (χ2v) is 7.25.